The molecule has 0 unspecified atom stereocenters. The number of alkyl halides is 6. The molecule has 3 aromatic rings. The van der Waals surface area contributed by atoms with Gasteiger partial charge in [0.05, 0.1) is 16.9 Å². The van der Waals surface area contributed by atoms with Crippen LogP contribution in [0.25, 0.3) is 0 Å². The van der Waals surface area contributed by atoms with Crippen LogP contribution < -0.4 is 10.2 Å². The summed E-state index contributed by atoms with van der Waals surface area (Å²) in [6, 6.07) is 12.8. The molecular formula is C26H20F6N2O2S. The normalized spacial score (nSPS) is 16.3. The molecule has 0 radical (unpaired) electrons. The zero-order chi connectivity index (χ0) is 27.1. The van der Waals surface area contributed by atoms with Crippen LogP contribution in [0.2, 0.25) is 0 Å². The number of nitrogens with one attached hydrogen (secondary N) is 1. The third-order valence-electron chi connectivity index (χ3n) is 5.77. The third-order valence-corrected chi connectivity index (χ3v) is 6.98. The van der Waals surface area contributed by atoms with Gasteiger partial charge in [-0.05, 0) is 66.9 Å². The van der Waals surface area contributed by atoms with E-state index in [1.807, 2.05) is 32.0 Å². The largest absolute Gasteiger partial charge is 0.416 e. The molecular weight excluding hydrogens is 518 g/mol. The van der Waals surface area contributed by atoms with Crippen molar-refractivity contribution in [3.63, 3.8) is 0 Å². The number of anilines is 2. The molecule has 4 nitrogen and oxygen atoms in total. The van der Waals surface area contributed by atoms with Gasteiger partial charge in [0, 0.05) is 16.9 Å². The molecule has 0 spiro atoms. The molecule has 194 valence electrons. The fourth-order valence-electron chi connectivity index (χ4n) is 3.97. The summed E-state index contributed by atoms with van der Waals surface area (Å²) in [6.45, 7) is 3.78. The maximum absolute atomic E-state index is 13.2. The van der Waals surface area contributed by atoms with E-state index in [0.717, 1.165) is 16.8 Å². The minimum Gasteiger partial charge on any atom is -0.322 e. The van der Waals surface area contributed by atoms with Crippen molar-refractivity contribution in [2.75, 3.05) is 16.0 Å². The van der Waals surface area contributed by atoms with Gasteiger partial charge in [-0.3, -0.25) is 14.5 Å². The predicted molar refractivity (Wildman–Crippen MR) is 129 cm³/mol. The van der Waals surface area contributed by atoms with Crippen LogP contribution >= 0.6 is 11.8 Å². The minimum absolute atomic E-state index is 0.0341. The van der Waals surface area contributed by atoms with E-state index in [-0.39, 0.29) is 23.4 Å². The van der Waals surface area contributed by atoms with Crippen LogP contribution in [0.4, 0.5) is 37.7 Å². The first-order valence-corrected chi connectivity index (χ1v) is 12.0. The highest BCUT2D eigenvalue weighted by atomic mass is 32.2. The summed E-state index contributed by atoms with van der Waals surface area (Å²) >= 11 is 1.37. The topological polar surface area (TPSA) is 49.4 Å². The number of hydrogen-bond donors (Lipinski definition) is 1. The van der Waals surface area contributed by atoms with Crippen LogP contribution in [-0.4, -0.2) is 17.6 Å². The fourth-order valence-corrected chi connectivity index (χ4v) is 5.13. The Morgan fingerprint density at radius 2 is 1.57 bits per heavy atom. The molecule has 1 heterocycles. The maximum Gasteiger partial charge on any atom is 0.416 e. The molecule has 0 saturated carbocycles. The number of aryl methyl sites for hydroxylation is 2. The average molecular weight is 539 g/mol. The van der Waals surface area contributed by atoms with Crippen LogP contribution in [0.15, 0.2) is 60.7 Å². The van der Waals surface area contributed by atoms with Crippen LogP contribution in [0.3, 0.4) is 0 Å². The number of hydrogen-bond acceptors (Lipinski definition) is 3. The van der Waals surface area contributed by atoms with Gasteiger partial charge in [-0.1, -0.05) is 24.3 Å². The van der Waals surface area contributed by atoms with E-state index in [1.165, 1.54) is 17.8 Å². The summed E-state index contributed by atoms with van der Waals surface area (Å²) < 4.78 is 79.1. The molecule has 4 rings (SSSR count). The maximum atomic E-state index is 13.2. The highest BCUT2D eigenvalue weighted by Gasteiger charge is 2.38. The van der Waals surface area contributed by atoms with Gasteiger partial charge < -0.3 is 5.32 Å². The second kappa shape index (κ2) is 9.77. The summed E-state index contributed by atoms with van der Waals surface area (Å²) in [7, 11) is 0. The van der Waals surface area contributed by atoms with E-state index in [2.05, 4.69) is 5.32 Å². The first kappa shape index (κ1) is 26.6. The third kappa shape index (κ3) is 5.76. The number of carbonyl (C=O) groups excluding carboxylic acids is 2. The fraction of sp³-hybridized carbons (Fsp3) is 0.231. The molecule has 11 heteroatoms. The average Bonchev–Trinajstić information content (AvgIpc) is 3.20. The van der Waals surface area contributed by atoms with E-state index in [9.17, 15) is 35.9 Å². The Bertz CT molecular complexity index is 1340. The summed E-state index contributed by atoms with van der Waals surface area (Å²) in [4.78, 5) is 27.1. The smallest absolute Gasteiger partial charge is 0.322 e. The molecule has 1 fully saturated rings. The summed E-state index contributed by atoms with van der Waals surface area (Å²) in [6.07, 6.45) is -10.1. The number of rotatable bonds is 4. The van der Waals surface area contributed by atoms with Crippen LogP contribution in [0.1, 0.15) is 43.5 Å². The molecule has 0 bridgehead atoms. The van der Waals surface area contributed by atoms with Gasteiger partial charge in [-0.2, -0.15) is 26.3 Å². The summed E-state index contributed by atoms with van der Waals surface area (Å²) in [5.41, 5.74) is -0.556. The molecule has 0 aliphatic carbocycles. The van der Waals surface area contributed by atoms with Crippen molar-refractivity contribution in [1.29, 1.82) is 0 Å². The zero-order valence-corrected chi connectivity index (χ0v) is 20.3. The molecule has 1 atom stereocenters. The van der Waals surface area contributed by atoms with Gasteiger partial charge in [0.25, 0.3) is 5.91 Å². The Labute approximate surface area is 212 Å². The standard InChI is InChI=1S/C26H20F6N2O2S/c1-14-6-7-15(2)21(8-14)34-22(35)13-37-24(34)16-4-3-5-20(11-16)33-23(36)17-9-18(25(27,28)29)12-19(10-17)26(30,31)32/h3-12,24H,13H2,1-2H3,(H,33,36)/t24-/m1/s1. The molecule has 2 amide bonds. The van der Waals surface area contributed by atoms with Crippen LogP contribution in [0.5, 0.6) is 0 Å². The van der Waals surface area contributed by atoms with Crippen molar-refractivity contribution in [2.24, 2.45) is 0 Å². The van der Waals surface area contributed by atoms with Gasteiger partial charge >= 0.3 is 12.4 Å². The quantitative estimate of drug-likeness (QED) is 0.353. The van der Waals surface area contributed by atoms with Gasteiger partial charge in [0.1, 0.15) is 5.37 Å². The summed E-state index contributed by atoms with van der Waals surface area (Å²) in [5.74, 6) is -1.02. The molecule has 3 aromatic carbocycles. The molecule has 1 aliphatic heterocycles. The molecule has 0 aromatic heterocycles. The first-order valence-electron chi connectivity index (χ1n) is 11.0. The summed E-state index contributed by atoms with van der Waals surface area (Å²) in [5, 5.41) is 1.94. The van der Waals surface area contributed by atoms with E-state index < -0.39 is 40.3 Å². The molecule has 1 aliphatic rings. The highest BCUT2D eigenvalue weighted by molar-refractivity contribution is 8.00. The van der Waals surface area contributed by atoms with Gasteiger partial charge in [-0.25, -0.2) is 0 Å². The number of amides is 2. The Hall–Kier alpha value is -3.47. The number of benzene rings is 3. The minimum atomic E-state index is -5.07. The van der Waals surface area contributed by atoms with Gasteiger partial charge in [0.15, 0.2) is 0 Å². The van der Waals surface area contributed by atoms with Crippen molar-refractivity contribution in [2.45, 2.75) is 31.6 Å². The van der Waals surface area contributed by atoms with E-state index >= 15 is 0 Å². The van der Waals surface area contributed by atoms with E-state index in [0.29, 0.717) is 17.7 Å². The van der Waals surface area contributed by atoms with E-state index in [1.54, 1.807) is 23.1 Å². The lowest BCUT2D eigenvalue weighted by Gasteiger charge is -2.26. The number of nitrogens with zero attached hydrogens (tertiary/aromatic N) is 1. The second-order valence-electron chi connectivity index (χ2n) is 8.59. The lowest BCUT2D eigenvalue weighted by atomic mass is 10.0. The Morgan fingerprint density at radius 3 is 2.19 bits per heavy atom. The van der Waals surface area contributed by atoms with Crippen molar-refractivity contribution >= 4 is 35.0 Å². The first-order chi connectivity index (χ1) is 17.2. The van der Waals surface area contributed by atoms with Crippen molar-refractivity contribution in [3.05, 3.63) is 94.0 Å². The van der Waals surface area contributed by atoms with Gasteiger partial charge in [-0.15, -0.1) is 11.8 Å². The zero-order valence-electron chi connectivity index (χ0n) is 19.5. The predicted octanol–water partition coefficient (Wildman–Crippen LogP) is 7.37. The Kier molecular flexibility index (Phi) is 7.02. The second-order valence-corrected chi connectivity index (χ2v) is 9.66. The van der Waals surface area contributed by atoms with Crippen LogP contribution in [-0.2, 0) is 17.1 Å². The van der Waals surface area contributed by atoms with Crippen LogP contribution in [0, 0.1) is 13.8 Å². The van der Waals surface area contributed by atoms with Gasteiger partial charge in [0.2, 0.25) is 5.91 Å². The molecule has 1 saturated heterocycles. The monoisotopic (exact) mass is 538 g/mol. The SMILES string of the molecule is Cc1ccc(C)c(N2C(=O)CS[C@@H]2c2cccc(NC(=O)c3cc(C(F)(F)F)cc(C(F)(F)F)c3)c2)c1. The lowest BCUT2D eigenvalue weighted by Crippen LogP contribution is -2.28. The number of halogens is 6. The van der Waals surface area contributed by atoms with Crippen molar-refractivity contribution in [3.8, 4) is 0 Å². The van der Waals surface area contributed by atoms with Crippen molar-refractivity contribution in [1.82, 2.24) is 0 Å². The Balaban J connectivity index is 1.64. The van der Waals surface area contributed by atoms with E-state index in [4.69, 9.17) is 0 Å². The Morgan fingerprint density at radius 1 is 0.919 bits per heavy atom. The molecule has 37 heavy (non-hydrogen) atoms. The highest BCUT2D eigenvalue weighted by Crippen LogP contribution is 2.43. The number of thioether (sulfide) groups is 1. The lowest BCUT2D eigenvalue weighted by molar-refractivity contribution is -0.143. The van der Waals surface area contributed by atoms with Crippen molar-refractivity contribution < 1.29 is 35.9 Å². The number of carbonyl (C=O) groups is 2. The molecule has 1 N–H and O–H groups in total.